The Kier molecular flexibility index (Phi) is 4.68. The SMILES string of the molecule is O=C(NCc1nnc2n1CCCC2)N[C@@H]1CCCCc2ccccc21. The molecular weight excluding hydrogens is 314 g/mol. The third-order valence-electron chi connectivity index (χ3n) is 5.27. The minimum Gasteiger partial charge on any atom is -0.331 e. The third-order valence-corrected chi connectivity index (χ3v) is 5.27. The smallest absolute Gasteiger partial charge is 0.315 e. The molecule has 0 spiro atoms. The third kappa shape index (κ3) is 3.52. The van der Waals surface area contributed by atoms with Crippen molar-refractivity contribution in [2.45, 2.75) is 64.1 Å². The van der Waals surface area contributed by atoms with Crippen LogP contribution in [0.2, 0.25) is 0 Å². The molecule has 1 aromatic heterocycles. The number of rotatable bonds is 3. The Morgan fingerprint density at radius 1 is 1.12 bits per heavy atom. The zero-order chi connectivity index (χ0) is 17.1. The number of amides is 2. The highest BCUT2D eigenvalue weighted by molar-refractivity contribution is 5.74. The van der Waals surface area contributed by atoms with Crippen molar-refractivity contribution in [2.24, 2.45) is 0 Å². The molecule has 6 nitrogen and oxygen atoms in total. The van der Waals surface area contributed by atoms with Gasteiger partial charge in [0.2, 0.25) is 0 Å². The summed E-state index contributed by atoms with van der Waals surface area (Å²) in [4.78, 5) is 12.4. The van der Waals surface area contributed by atoms with E-state index < -0.39 is 0 Å². The fourth-order valence-electron chi connectivity index (χ4n) is 3.94. The lowest BCUT2D eigenvalue weighted by Gasteiger charge is -2.20. The quantitative estimate of drug-likeness (QED) is 0.845. The first kappa shape index (κ1) is 16.1. The van der Waals surface area contributed by atoms with Crippen molar-refractivity contribution in [3.05, 3.63) is 47.0 Å². The molecule has 132 valence electrons. The fourth-order valence-corrected chi connectivity index (χ4v) is 3.94. The van der Waals surface area contributed by atoms with Gasteiger partial charge in [-0.25, -0.2) is 4.79 Å². The van der Waals surface area contributed by atoms with Gasteiger partial charge >= 0.3 is 6.03 Å². The van der Waals surface area contributed by atoms with Crippen LogP contribution in [0.25, 0.3) is 0 Å². The first-order valence-electron chi connectivity index (χ1n) is 9.34. The van der Waals surface area contributed by atoms with Gasteiger partial charge in [-0.15, -0.1) is 10.2 Å². The molecule has 0 unspecified atom stereocenters. The number of hydrogen-bond acceptors (Lipinski definition) is 3. The molecule has 2 aliphatic rings. The maximum Gasteiger partial charge on any atom is 0.315 e. The van der Waals surface area contributed by atoms with Gasteiger partial charge in [-0.1, -0.05) is 30.7 Å². The number of aryl methyl sites for hydroxylation is 2. The van der Waals surface area contributed by atoms with Crippen LogP contribution in [0.15, 0.2) is 24.3 Å². The van der Waals surface area contributed by atoms with Gasteiger partial charge in [-0.3, -0.25) is 0 Å². The molecule has 2 aromatic rings. The second-order valence-corrected chi connectivity index (χ2v) is 6.97. The second-order valence-electron chi connectivity index (χ2n) is 6.97. The van der Waals surface area contributed by atoms with Crippen molar-refractivity contribution in [3.8, 4) is 0 Å². The summed E-state index contributed by atoms with van der Waals surface area (Å²) in [5, 5.41) is 14.6. The monoisotopic (exact) mass is 339 g/mol. The topological polar surface area (TPSA) is 71.8 Å². The number of hydrogen-bond donors (Lipinski definition) is 2. The van der Waals surface area contributed by atoms with Gasteiger partial charge in [0.25, 0.3) is 0 Å². The molecule has 0 bridgehead atoms. The molecule has 0 fully saturated rings. The molecule has 0 radical (unpaired) electrons. The van der Waals surface area contributed by atoms with Gasteiger partial charge in [0.15, 0.2) is 5.82 Å². The Morgan fingerprint density at radius 3 is 2.96 bits per heavy atom. The number of carbonyl (C=O) groups is 1. The Bertz CT molecular complexity index is 754. The zero-order valence-electron chi connectivity index (χ0n) is 14.5. The van der Waals surface area contributed by atoms with Crippen LogP contribution in [0.3, 0.4) is 0 Å². The summed E-state index contributed by atoms with van der Waals surface area (Å²) in [6.07, 6.45) is 7.72. The van der Waals surface area contributed by atoms with Gasteiger partial charge in [0, 0.05) is 13.0 Å². The van der Waals surface area contributed by atoms with E-state index in [2.05, 4.69) is 49.7 Å². The van der Waals surface area contributed by atoms with E-state index in [1.165, 1.54) is 24.0 Å². The fraction of sp³-hybridized carbons (Fsp3) is 0.526. The molecule has 2 heterocycles. The normalized spacial score (nSPS) is 19.4. The Labute approximate surface area is 148 Å². The first-order chi connectivity index (χ1) is 12.3. The van der Waals surface area contributed by atoms with E-state index in [-0.39, 0.29) is 12.1 Å². The summed E-state index contributed by atoms with van der Waals surface area (Å²) in [5.74, 6) is 1.90. The highest BCUT2D eigenvalue weighted by Crippen LogP contribution is 2.28. The van der Waals surface area contributed by atoms with E-state index in [1.807, 2.05) is 0 Å². The number of nitrogens with zero attached hydrogens (tertiary/aromatic N) is 3. The van der Waals surface area contributed by atoms with Crippen molar-refractivity contribution in [2.75, 3.05) is 0 Å². The van der Waals surface area contributed by atoms with Crippen LogP contribution < -0.4 is 10.6 Å². The molecule has 1 atom stereocenters. The predicted octanol–water partition coefficient (Wildman–Crippen LogP) is 2.88. The van der Waals surface area contributed by atoms with Crippen LogP contribution in [0.5, 0.6) is 0 Å². The molecular formula is C19H25N5O. The van der Waals surface area contributed by atoms with Crippen molar-refractivity contribution in [1.29, 1.82) is 0 Å². The predicted molar refractivity (Wildman–Crippen MR) is 95.1 cm³/mol. The lowest BCUT2D eigenvalue weighted by molar-refractivity contribution is 0.235. The highest BCUT2D eigenvalue weighted by Gasteiger charge is 2.21. The average molecular weight is 339 g/mol. The Hall–Kier alpha value is -2.37. The summed E-state index contributed by atoms with van der Waals surface area (Å²) in [5.41, 5.74) is 2.62. The number of urea groups is 1. The van der Waals surface area contributed by atoms with Crippen molar-refractivity contribution >= 4 is 6.03 Å². The van der Waals surface area contributed by atoms with E-state index in [4.69, 9.17) is 0 Å². The van der Waals surface area contributed by atoms with Crippen LogP contribution in [0, 0.1) is 0 Å². The van der Waals surface area contributed by atoms with Crippen molar-refractivity contribution < 1.29 is 4.79 Å². The number of fused-ring (bicyclic) bond motifs is 2. The molecule has 0 saturated carbocycles. The lowest BCUT2D eigenvalue weighted by atomic mass is 9.99. The largest absolute Gasteiger partial charge is 0.331 e. The van der Waals surface area contributed by atoms with E-state index in [0.29, 0.717) is 6.54 Å². The maximum absolute atomic E-state index is 12.4. The first-order valence-corrected chi connectivity index (χ1v) is 9.34. The highest BCUT2D eigenvalue weighted by atomic mass is 16.2. The number of carbonyl (C=O) groups excluding carboxylic acids is 1. The van der Waals surface area contributed by atoms with Crippen molar-refractivity contribution in [1.82, 2.24) is 25.4 Å². The molecule has 2 amide bonds. The Balaban J connectivity index is 1.39. The molecule has 2 N–H and O–H groups in total. The van der Waals surface area contributed by atoms with Gasteiger partial charge in [0.1, 0.15) is 5.82 Å². The molecule has 1 aliphatic carbocycles. The molecule has 1 aromatic carbocycles. The summed E-state index contributed by atoms with van der Waals surface area (Å²) < 4.78 is 2.14. The second kappa shape index (κ2) is 7.25. The minimum atomic E-state index is -0.130. The summed E-state index contributed by atoms with van der Waals surface area (Å²) in [6, 6.07) is 8.41. The van der Waals surface area contributed by atoms with Crippen LogP contribution in [-0.2, 0) is 25.9 Å². The molecule has 25 heavy (non-hydrogen) atoms. The standard InChI is InChI=1S/C19H25N5O/c25-19(20-13-18-23-22-17-11-5-6-12-24(17)18)21-16-10-4-2-8-14-7-1-3-9-15(14)16/h1,3,7,9,16H,2,4-6,8,10-13H2,(H2,20,21,25)/t16-/m1/s1. The average Bonchev–Trinajstić information content (AvgIpc) is 2.95. The van der Waals surface area contributed by atoms with Gasteiger partial charge in [-0.2, -0.15) is 0 Å². The number of nitrogens with one attached hydrogen (secondary N) is 2. The minimum absolute atomic E-state index is 0.0889. The van der Waals surface area contributed by atoms with Gasteiger partial charge in [-0.05, 0) is 43.2 Å². The van der Waals surface area contributed by atoms with Crippen molar-refractivity contribution in [3.63, 3.8) is 0 Å². The number of benzene rings is 1. The zero-order valence-corrected chi connectivity index (χ0v) is 14.5. The Morgan fingerprint density at radius 2 is 2.00 bits per heavy atom. The molecule has 6 heteroatoms. The molecule has 0 saturated heterocycles. The van der Waals surface area contributed by atoms with E-state index >= 15 is 0 Å². The maximum atomic E-state index is 12.4. The lowest BCUT2D eigenvalue weighted by Crippen LogP contribution is -2.38. The molecule has 4 rings (SSSR count). The summed E-state index contributed by atoms with van der Waals surface area (Å²) in [7, 11) is 0. The van der Waals surface area contributed by atoms with E-state index in [1.54, 1.807) is 0 Å². The van der Waals surface area contributed by atoms with Crippen LogP contribution >= 0.6 is 0 Å². The molecule has 1 aliphatic heterocycles. The van der Waals surface area contributed by atoms with Crippen LogP contribution in [0.1, 0.15) is 60.9 Å². The van der Waals surface area contributed by atoms with Gasteiger partial charge < -0.3 is 15.2 Å². The van der Waals surface area contributed by atoms with Crippen LogP contribution in [-0.4, -0.2) is 20.8 Å². The van der Waals surface area contributed by atoms with E-state index in [9.17, 15) is 4.79 Å². The van der Waals surface area contributed by atoms with Gasteiger partial charge in [0.05, 0.1) is 12.6 Å². The summed E-state index contributed by atoms with van der Waals surface area (Å²) >= 11 is 0. The summed E-state index contributed by atoms with van der Waals surface area (Å²) in [6.45, 7) is 1.38. The number of aromatic nitrogens is 3. The van der Waals surface area contributed by atoms with E-state index in [0.717, 1.165) is 50.3 Å². The van der Waals surface area contributed by atoms with Crippen LogP contribution in [0.4, 0.5) is 4.79 Å².